The SMILES string of the molecule is C=CC(C)(C)c1[nH]cnc1/C=C1/NC(=O)[C@@H]2C[C@]3(C(C)(C)C=C)c4ccccc4N[C@H]3N2C1=O. The summed E-state index contributed by atoms with van der Waals surface area (Å²) in [5.41, 5.74) is 2.53. The molecule has 0 aliphatic carbocycles. The van der Waals surface area contributed by atoms with Crippen LogP contribution in [0.5, 0.6) is 0 Å². The third kappa shape index (κ3) is 2.79. The minimum atomic E-state index is -0.571. The average molecular weight is 458 g/mol. The van der Waals surface area contributed by atoms with E-state index < -0.39 is 11.5 Å². The summed E-state index contributed by atoms with van der Waals surface area (Å²) in [6, 6.07) is 7.54. The molecule has 34 heavy (non-hydrogen) atoms. The smallest absolute Gasteiger partial charge is 0.272 e. The number of benzene rings is 1. The van der Waals surface area contributed by atoms with Crippen LogP contribution in [0.3, 0.4) is 0 Å². The third-order valence-corrected chi connectivity index (χ3v) is 8.09. The van der Waals surface area contributed by atoms with E-state index in [2.05, 4.69) is 53.7 Å². The fraction of sp³-hybridized carbons (Fsp3) is 0.370. The zero-order chi connectivity index (χ0) is 24.5. The number of allylic oxidation sites excluding steroid dienone is 2. The van der Waals surface area contributed by atoms with Crippen LogP contribution in [0, 0.1) is 5.41 Å². The van der Waals surface area contributed by atoms with Crippen LogP contribution >= 0.6 is 0 Å². The number of amides is 2. The summed E-state index contributed by atoms with van der Waals surface area (Å²) < 4.78 is 0. The van der Waals surface area contributed by atoms with E-state index in [-0.39, 0.29) is 34.5 Å². The van der Waals surface area contributed by atoms with Crippen molar-refractivity contribution in [1.29, 1.82) is 0 Å². The Kier molecular flexibility index (Phi) is 4.70. The summed E-state index contributed by atoms with van der Waals surface area (Å²) in [5, 5.41) is 6.44. The van der Waals surface area contributed by atoms with Crippen LogP contribution in [-0.4, -0.2) is 38.9 Å². The van der Waals surface area contributed by atoms with Gasteiger partial charge in [0.1, 0.15) is 17.9 Å². The molecule has 1 aromatic heterocycles. The first-order valence-electron chi connectivity index (χ1n) is 11.6. The van der Waals surface area contributed by atoms with Crippen LogP contribution in [0.2, 0.25) is 0 Å². The molecule has 2 amide bonds. The average Bonchev–Trinajstić information content (AvgIpc) is 3.49. The van der Waals surface area contributed by atoms with Gasteiger partial charge in [-0.25, -0.2) is 4.98 Å². The van der Waals surface area contributed by atoms with Crippen molar-refractivity contribution in [2.45, 2.75) is 57.2 Å². The Hall–Kier alpha value is -3.61. The first kappa shape index (κ1) is 22.2. The molecule has 7 heteroatoms. The molecule has 0 unspecified atom stereocenters. The van der Waals surface area contributed by atoms with Crippen LogP contribution in [0.4, 0.5) is 5.69 Å². The fourth-order valence-electron chi connectivity index (χ4n) is 5.83. The van der Waals surface area contributed by atoms with Crippen molar-refractivity contribution in [1.82, 2.24) is 20.2 Å². The number of aromatic amines is 1. The van der Waals surface area contributed by atoms with Gasteiger partial charge in [0.25, 0.3) is 5.91 Å². The van der Waals surface area contributed by atoms with Gasteiger partial charge in [-0.2, -0.15) is 0 Å². The second kappa shape index (κ2) is 7.19. The molecule has 0 saturated carbocycles. The molecule has 7 nitrogen and oxygen atoms in total. The number of imidazole rings is 1. The van der Waals surface area contributed by atoms with Crippen LogP contribution in [0.1, 0.15) is 51.1 Å². The minimum absolute atomic E-state index is 0.182. The second-order valence-corrected chi connectivity index (χ2v) is 10.6. The Balaban J connectivity index is 1.61. The number of rotatable bonds is 5. The lowest BCUT2D eigenvalue weighted by Gasteiger charge is -2.43. The van der Waals surface area contributed by atoms with Gasteiger partial charge in [0, 0.05) is 16.5 Å². The highest BCUT2D eigenvalue weighted by molar-refractivity contribution is 6.08. The molecule has 3 N–H and O–H groups in total. The van der Waals surface area contributed by atoms with E-state index in [1.54, 1.807) is 17.3 Å². The maximum atomic E-state index is 13.9. The highest BCUT2D eigenvalue weighted by Gasteiger charge is 2.66. The van der Waals surface area contributed by atoms with Crippen LogP contribution < -0.4 is 10.6 Å². The fourth-order valence-corrected chi connectivity index (χ4v) is 5.83. The number of hydrogen-bond acceptors (Lipinski definition) is 4. The van der Waals surface area contributed by atoms with Crippen molar-refractivity contribution >= 4 is 23.6 Å². The first-order chi connectivity index (χ1) is 16.1. The monoisotopic (exact) mass is 457 g/mol. The lowest BCUT2D eigenvalue weighted by Crippen LogP contribution is -2.59. The highest BCUT2D eigenvalue weighted by Crippen LogP contribution is 2.60. The number of fused-ring (bicyclic) bond motifs is 5. The maximum absolute atomic E-state index is 13.9. The molecule has 0 radical (unpaired) electrons. The highest BCUT2D eigenvalue weighted by atomic mass is 16.2. The number of carbonyl (C=O) groups excluding carboxylic acids is 2. The van der Waals surface area contributed by atoms with E-state index in [1.807, 2.05) is 44.2 Å². The van der Waals surface area contributed by atoms with Crippen LogP contribution in [-0.2, 0) is 20.4 Å². The number of H-pyrrole nitrogens is 1. The zero-order valence-electron chi connectivity index (χ0n) is 20.1. The summed E-state index contributed by atoms with van der Waals surface area (Å²) in [5.74, 6) is -0.402. The standard InChI is InChI=1S/C27H31N5O2/c1-7-25(3,4)21-18(28-15-29-21)13-19-23(34)32-20(22(33)30-19)14-27(26(5,6)8-2)16-11-9-10-12-17(16)31-24(27)32/h7-13,15,20,24,31H,1-2,14H2,3-6H3,(H,28,29)(H,30,33)/b19-13+/t20-,24-,27-/m0/s1. The van der Waals surface area contributed by atoms with E-state index in [1.165, 1.54) is 0 Å². The summed E-state index contributed by atoms with van der Waals surface area (Å²) in [7, 11) is 0. The summed E-state index contributed by atoms with van der Waals surface area (Å²) in [4.78, 5) is 36.5. The Bertz CT molecular complexity index is 1250. The molecule has 2 aromatic rings. The molecule has 176 valence electrons. The molecule has 3 aliphatic heterocycles. The zero-order valence-corrected chi connectivity index (χ0v) is 20.1. The lowest BCUT2D eigenvalue weighted by atomic mass is 9.60. The summed E-state index contributed by atoms with van der Waals surface area (Å²) in [6.07, 6.45) is 7.17. The second-order valence-electron chi connectivity index (χ2n) is 10.6. The molecular weight excluding hydrogens is 426 g/mol. The van der Waals surface area contributed by atoms with Gasteiger partial charge in [0.2, 0.25) is 5.91 Å². The lowest BCUT2D eigenvalue weighted by molar-refractivity contribution is -0.141. The van der Waals surface area contributed by atoms with Crippen molar-refractivity contribution in [2.75, 3.05) is 5.32 Å². The van der Waals surface area contributed by atoms with Crippen LogP contribution in [0.25, 0.3) is 6.08 Å². The molecule has 0 bridgehead atoms. The number of piperazine rings is 1. The number of para-hydroxylation sites is 1. The van der Waals surface area contributed by atoms with E-state index in [4.69, 9.17) is 0 Å². The van der Waals surface area contributed by atoms with E-state index >= 15 is 0 Å². The molecule has 1 aromatic carbocycles. The Morgan fingerprint density at radius 3 is 2.59 bits per heavy atom. The third-order valence-electron chi connectivity index (χ3n) is 8.09. The largest absolute Gasteiger partial charge is 0.364 e. The van der Waals surface area contributed by atoms with Gasteiger partial charge in [-0.05, 0) is 29.5 Å². The van der Waals surface area contributed by atoms with Gasteiger partial charge in [-0.3, -0.25) is 9.59 Å². The van der Waals surface area contributed by atoms with Crippen LogP contribution in [0.15, 0.2) is 61.6 Å². The normalized spacial score (nSPS) is 27.1. The minimum Gasteiger partial charge on any atom is -0.364 e. The van der Waals surface area contributed by atoms with Gasteiger partial charge < -0.3 is 20.5 Å². The summed E-state index contributed by atoms with van der Waals surface area (Å²) in [6.45, 7) is 16.3. The molecule has 3 atom stereocenters. The van der Waals surface area contributed by atoms with Gasteiger partial charge >= 0.3 is 0 Å². The number of aromatic nitrogens is 2. The van der Waals surface area contributed by atoms with Gasteiger partial charge in [-0.1, -0.05) is 58.0 Å². The topological polar surface area (TPSA) is 90.1 Å². The van der Waals surface area contributed by atoms with Gasteiger partial charge in [0.05, 0.1) is 17.7 Å². The maximum Gasteiger partial charge on any atom is 0.272 e. The quantitative estimate of drug-likeness (QED) is 0.470. The Labute approximate surface area is 200 Å². The van der Waals surface area contributed by atoms with E-state index in [0.717, 1.165) is 16.9 Å². The molecule has 5 rings (SSSR count). The Morgan fingerprint density at radius 2 is 1.88 bits per heavy atom. The predicted molar refractivity (Wildman–Crippen MR) is 133 cm³/mol. The van der Waals surface area contributed by atoms with E-state index in [9.17, 15) is 9.59 Å². The molecule has 0 spiro atoms. The van der Waals surface area contributed by atoms with Crippen molar-refractivity contribution in [2.24, 2.45) is 5.41 Å². The molecular formula is C27H31N5O2. The van der Waals surface area contributed by atoms with E-state index in [0.29, 0.717) is 12.1 Å². The molecule has 2 saturated heterocycles. The predicted octanol–water partition coefficient (Wildman–Crippen LogP) is 3.85. The summed E-state index contributed by atoms with van der Waals surface area (Å²) >= 11 is 0. The number of hydrogen-bond donors (Lipinski definition) is 3. The van der Waals surface area contributed by atoms with Crippen molar-refractivity contribution in [3.63, 3.8) is 0 Å². The van der Waals surface area contributed by atoms with Gasteiger partial charge in [0.15, 0.2) is 0 Å². The van der Waals surface area contributed by atoms with Crippen molar-refractivity contribution < 1.29 is 9.59 Å². The number of nitrogens with zero attached hydrogens (tertiary/aromatic N) is 2. The Morgan fingerprint density at radius 1 is 1.15 bits per heavy atom. The first-order valence-corrected chi connectivity index (χ1v) is 11.6. The van der Waals surface area contributed by atoms with Crippen molar-refractivity contribution in [3.8, 4) is 0 Å². The number of carbonyl (C=O) groups is 2. The molecule has 3 aliphatic rings. The van der Waals surface area contributed by atoms with Gasteiger partial charge in [-0.15, -0.1) is 13.2 Å². The molecule has 4 heterocycles. The molecule has 2 fully saturated rings. The number of nitrogens with one attached hydrogen (secondary N) is 3. The van der Waals surface area contributed by atoms with Crippen molar-refractivity contribution in [3.05, 3.63) is 78.6 Å². The number of anilines is 1.